The van der Waals surface area contributed by atoms with Crippen LogP contribution in [-0.4, -0.2) is 13.0 Å². The summed E-state index contributed by atoms with van der Waals surface area (Å²) in [5.74, 6) is -0.0603. The fraction of sp³-hybridized carbons (Fsp3) is 0.300. The van der Waals surface area contributed by atoms with E-state index < -0.39 is 0 Å². The van der Waals surface area contributed by atoms with Crippen LogP contribution >= 0.6 is 0 Å². The van der Waals surface area contributed by atoms with Gasteiger partial charge in [-0.1, -0.05) is 18.2 Å². The fourth-order valence-electron chi connectivity index (χ4n) is 1.01. The largest absolute Gasteiger partial charge is 0.356 e. The SMILES string of the molecule is CNC(=O)/C=C/C1=CCCC=C1. The summed E-state index contributed by atoms with van der Waals surface area (Å²) in [6.07, 6.45) is 11.8. The van der Waals surface area contributed by atoms with Gasteiger partial charge in [-0.15, -0.1) is 0 Å². The van der Waals surface area contributed by atoms with E-state index in [4.69, 9.17) is 0 Å². The van der Waals surface area contributed by atoms with Crippen LogP contribution in [0.15, 0.2) is 36.0 Å². The third-order valence-corrected chi connectivity index (χ3v) is 1.70. The average Bonchev–Trinajstić information content (AvgIpc) is 2.16. The summed E-state index contributed by atoms with van der Waals surface area (Å²) in [5.41, 5.74) is 1.12. The van der Waals surface area contributed by atoms with Gasteiger partial charge in [0.2, 0.25) is 5.91 Å². The molecule has 0 unspecified atom stereocenters. The van der Waals surface area contributed by atoms with E-state index in [1.165, 1.54) is 0 Å². The summed E-state index contributed by atoms with van der Waals surface area (Å²) >= 11 is 0. The van der Waals surface area contributed by atoms with Crippen molar-refractivity contribution in [3.8, 4) is 0 Å². The molecule has 0 radical (unpaired) electrons. The standard InChI is InChI=1S/C10H13NO/c1-11-10(12)8-7-9-5-3-2-4-6-9/h3,5-8H,2,4H2,1H3,(H,11,12)/b8-7+. The number of allylic oxidation sites excluding steroid dienone is 5. The highest BCUT2D eigenvalue weighted by atomic mass is 16.1. The second-order valence-corrected chi connectivity index (χ2v) is 2.63. The Balaban J connectivity index is 2.50. The Hall–Kier alpha value is -1.31. The molecule has 0 spiro atoms. The maximum atomic E-state index is 10.8. The van der Waals surface area contributed by atoms with Gasteiger partial charge in [-0.2, -0.15) is 0 Å². The summed E-state index contributed by atoms with van der Waals surface area (Å²) in [4.78, 5) is 10.8. The second kappa shape index (κ2) is 4.54. The molecule has 0 aliphatic heterocycles. The quantitative estimate of drug-likeness (QED) is 0.615. The first-order valence-corrected chi connectivity index (χ1v) is 4.09. The van der Waals surface area contributed by atoms with E-state index in [9.17, 15) is 4.79 Å². The van der Waals surface area contributed by atoms with E-state index in [0.29, 0.717) is 0 Å². The van der Waals surface area contributed by atoms with Gasteiger partial charge in [0.05, 0.1) is 0 Å². The summed E-state index contributed by atoms with van der Waals surface area (Å²) in [6, 6.07) is 0. The molecule has 1 rings (SSSR count). The van der Waals surface area contributed by atoms with Gasteiger partial charge >= 0.3 is 0 Å². The molecular weight excluding hydrogens is 150 g/mol. The van der Waals surface area contributed by atoms with E-state index in [0.717, 1.165) is 18.4 Å². The van der Waals surface area contributed by atoms with E-state index in [1.807, 2.05) is 12.2 Å². The molecular formula is C10H13NO. The molecule has 0 atom stereocenters. The number of hydrogen-bond acceptors (Lipinski definition) is 1. The summed E-state index contributed by atoms with van der Waals surface area (Å²) in [6.45, 7) is 0. The van der Waals surface area contributed by atoms with Crippen molar-refractivity contribution in [3.05, 3.63) is 36.0 Å². The monoisotopic (exact) mass is 163 g/mol. The molecule has 12 heavy (non-hydrogen) atoms. The van der Waals surface area contributed by atoms with Gasteiger partial charge < -0.3 is 5.32 Å². The first-order chi connectivity index (χ1) is 5.83. The molecule has 0 fully saturated rings. The predicted octanol–water partition coefficient (Wildman–Crippen LogP) is 1.56. The van der Waals surface area contributed by atoms with Crippen molar-refractivity contribution in [1.82, 2.24) is 5.32 Å². The minimum absolute atomic E-state index is 0.0603. The molecule has 1 N–H and O–H groups in total. The lowest BCUT2D eigenvalue weighted by Crippen LogP contribution is -2.14. The smallest absolute Gasteiger partial charge is 0.243 e. The lowest BCUT2D eigenvalue weighted by molar-refractivity contribution is -0.116. The molecule has 0 bridgehead atoms. The van der Waals surface area contributed by atoms with Crippen LogP contribution < -0.4 is 5.32 Å². The zero-order chi connectivity index (χ0) is 8.81. The molecule has 0 saturated carbocycles. The fourth-order valence-corrected chi connectivity index (χ4v) is 1.01. The zero-order valence-electron chi connectivity index (χ0n) is 7.21. The van der Waals surface area contributed by atoms with Gasteiger partial charge in [-0.3, -0.25) is 4.79 Å². The number of carbonyl (C=O) groups is 1. The van der Waals surface area contributed by atoms with E-state index in [1.54, 1.807) is 13.1 Å². The number of rotatable bonds is 2. The third kappa shape index (κ3) is 2.74. The van der Waals surface area contributed by atoms with Crippen LogP contribution in [0.4, 0.5) is 0 Å². The van der Waals surface area contributed by atoms with Crippen molar-refractivity contribution in [1.29, 1.82) is 0 Å². The Morgan fingerprint density at radius 3 is 3.00 bits per heavy atom. The number of nitrogens with one attached hydrogen (secondary N) is 1. The van der Waals surface area contributed by atoms with Crippen LogP contribution in [0.3, 0.4) is 0 Å². The van der Waals surface area contributed by atoms with Gasteiger partial charge in [0.1, 0.15) is 0 Å². The third-order valence-electron chi connectivity index (χ3n) is 1.70. The Kier molecular flexibility index (Phi) is 3.33. The zero-order valence-corrected chi connectivity index (χ0v) is 7.21. The Morgan fingerprint density at radius 1 is 1.58 bits per heavy atom. The lowest BCUT2D eigenvalue weighted by atomic mass is 10.1. The van der Waals surface area contributed by atoms with Crippen LogP contribution in [0, 0.1) is 0 Å². The number of carbonyl (C=O) groups excluding carboxylic acids is 1. The molecule has 1 aliphatic carbocycles. The number of likely N-dealkylation sites (N-methyl/N-ethyl adjacent to an activating group) is 1. The van der Waals surface area contributed by atoms with E-state index in [2.05, 4.69) is 17.5 Å². The summed E-state index contributed by atoms with van der Waals surface area (Å²) < 4.78 is 0. The molecule has 2 nitrogen and oxygen atoms in total. The Bertz CT molecular complexity index is 249. The molecule has 0 aromatic heterocycles. The Morgan fingerprint density at radius 2 is 2.42 bits per heavy atom. The molecule has 1 aliphatic rings. The predicted molar refractivity (Wildman–Crippen MR) is 49.7 cm³/mol. The van der Waals surface area contributed by atoms with Gasteiger partial charge in [0, 0.05) is 13.1 Å². The minimum Gasteiger partial charge on any atom is -0.356 e. The van der Waals surface area contributed by atoms with E-state index >= 15 is 0 Å². The highest BCUT2D eigenvalue weighted by Gasteiger charge is 1.93. The molecule has 64 valence electrons. The highest BCUT2D eigenvalue weighted by molar-refractivity contribution is 5.87. The van der Waals surface area contributed by atoms with Crippen molar-refractivity contribution in [2.45, 2.75) is 12.8 Å². The molecule has 2 heteroatoms. The van der Waals surface area contributed by atoms with Gasteiger partial charge in [-0.25, -0.2) is 0 Å². The van der Waals surface area contributed by atoms with Crippen LogP contribution in [0.2, 0.25) is 0 Å². The molecule has 0 aromatic carbocycles. The average molecular weight is 163 g/mol. The highest BCUT2D eigenvalue weighted by Crippen LogP contribution is 2.09. The molecule has 1 amide bonds. The van der Waals surface area contributed by atoms with Crippen molar-refractivity contribution in [3.63, 3.8) is 0 Å². The second-order valence-electron chi connectivity index (χ2n) is 2.63. The summed E-state index contributed by atoms with van der Waals surface area (Å²) in [7, 11) is 1.62. The normalized spacial score (nSPS) is 16.2. The maximum Gasteiger partial charge on any atom is 0.243 e. The minimum atomic E-state index is -0.0603. The first kappa shape index (κ1) is 8.78. The Labute approximate surface area is 72.7 Å². The van der Waals surface area contributed by atoms with Crippen LogP contribution in [0.1, 0.15) is 12.8 Å². The van der Waals surface area contributed by atoms with Gasteiger partial charge in [0.25, 0.3) is 0 Å². The topological polar surface area (TPSA) is 29.1 Å². The van der Waals surface area contributed by atoms with Gasteiger partial charge in [0.15, 0.2) is 0 Å². The van der Waals surface area contributed by atoms with Crippen molar-refractivity contribution >= 4 is 5.91 Å². The van der Waals surface area contributed by atoms with Crippen LogP contribution in [-0.2, 0) is 4.79 Å². The van der Waals surface area contributed by atoms with E-state index in [-0.39, 0.29) is 5.91 Å². The molecule has 0 saturated heterocycles. The van der Waals surface area contributed by atoms with Gasteiger partial charge in [-0.05, 0) is 24.5 Å². The summed E-state index contributed by atoms with van der Waals surface area (Å²) in [5, 5.41) is 2.53. The lowest BCUT2D eigenvalue weighted by Gasteiger charge is -2.00. The maximum absolute atomic E-state index is 10.8. The van der Waals surface area contributed by atoms with Crippen LogP contribution in [0.25, 0.3) is 0 Å². The van der Waals surface area contributed by atoms with Crippen molar-refractivity contribution in [2.75, 3.05) is 7.05 Å². The number of amides is 1. The van der Waals surface area contributed by atoms with Crippen LogP contribution in [0.5, 0.6) is 0 Å². The first-order valence-electron chi connectivity index (χ1n) is 4.09. The molecule has 0 aromatic rings. The number of hydrogen-bond donors (Lipinski definition) is 1. The molecule has 0 heterocycles. The van der Waals surface area contributed by atoms with Crippen molar-refractivity contribution < 1.29 is 4.79 Å². The van der Waals surface area contributed by atoms with Crippen molar-refractivity contribution in [2.24, 2.45) is 0 Å².